The molecule has 0 unspecified atom stereocenters. The Morgan fingerprint density at radius 3 is 2.67 bits per heavy atom. The number of aromatic nitrogens is 2. The third-order valence-corrected chi connectivity index (χ3v) is 6.11. The minimum absolute atomic E-state index is 0.0361. The van der Waals surface area contributed by atoms with Gasteiger partial charge in [-0.3, -0.25) is 4.79 Å². The molecule has 0 bridgehead atoms. The number of methoxy groups -OCH3 is 1. The molecule has 12 heteroatoms. The monoisotopic (exact) mass is 506 g/mol. The van der Waals surface area contributed by atoms with Crippen LogP contribution in [0.1, 0.15) is 12.0 Å². The lowest BCUT2D eigenvalue weighted by atomic mass is 10.1. The first-order valence-corrected chi connectivity index (χ1v) is 11.6. The van der Waals surface area contributed by atoms with Crippen LogP contribution >= 0.6 is 0 Å². The van der Waals surface area contributed by atoms with Crippen molar-refractivity contribution in [3.63, 3.8) is 0 Å². The van der Waals surface area contributed by atoms with Crippen molar-refractivity contribution in [1.82, 2.24) is 19.8 Å². The van der Waals surface area contributed by atoms with Crippen LogP contribution in [0.3, 0.4) is 0 Å². The van der Waals surface area contributed by atoms with Crippen LogP contribution in [-0.2, 0) is 15.7 Å². The average Bonchev–Trinajstić information content (AvgIpc) is 3.19. The fraction of sp³-hybridized carbons (Fsp3) is 0.417. The maximum atomic E-state index is 13.5. The first kappa shape index (κ1) is 25.6. The van der Waals surface area contributed by atoms with Gasteiger partial charge in [-0.05, 0) is 19.5 Å². The summed E-state index contributed by atoms with van der Waals surface area (Å²) >= 11 is 0. The minimum atomic E-state index is -4.57. The van der Waals surface area contributed by atoms with Gasteiger partial charge >= 0.3 is 6.18 Å². The number of aliphatic hydroxyl groups is 1. The van der Waals surface area contributed by atoms with E-state index in [0.29, 0.717) is 36.5 Å². The van der Waals surface area contributed by atoms with Crippen molar-refractivity contribution in [2.45, 2.75) is 12.6 Å². The number of ether oxygens (including phenoxy) is 1. The average molecular weight is 507 g/mol. The lowest BCUT2D eigenvalue weighted by molar-refractivity contribution is -0.136. The number of fused-ring (bicyclic) bond motifs is 1. The third-order valence-electron chi connectivity index (χ3n) is 6.11. The third kappa shape index (κ3) is 5.49. The number of amides is 1. The topological polar surface area (TPSA) is 106 Å². The molecule has 2 aliphatic rings. The van der Waals surface area contributed by atoms with Crippen LogP contribution in [0.25, 0.3) is 11.0 Å². The van der Waals surface area contributed by atoms with Crippen molar-refractivity contribution in [3.8, 4) is 0 Å². The fourth-order valence-corrected chi connectivity index (χ4v) is 4.20. The standard InChI is InChI=1S/C24H29F3N6O3/c1-32-7-9-33(10-8-32)23(35)15-4-3-5-17(19(12-15)36-2)30-20-13-18(28-6-11-34)21-16(24(25,26)27)14-29-22(21)31-20/h4-5,12-14,34H,3,6-11H2,1-2H3,(H3,28,29,30,31). The Morgan fingerprint density at radius 1 is 1.25 bits per heavy atom. The molecule has 1 aliphatic carbocycles. The summed E-state index contributed by atoms with van der Waals surface area (Å²) in [6, 6.07) is 1.45. The number of halogens is 3. The van der Waals surface area contributed by atoms with Crippen molar-refractivity contribution in [3.05, 3.63) is 53.1 Å². The van der Waals surface area contributed by atoms with Crippen LogP contribution in [0.15, 0.2) is 47.5 Å². The Morgan fingerprint density at radius 2 is 2.00 bits per heavy atom. The van der Waals surface area contributed by atoms with Gasteiger partial charge in [-0.1, -0.05) is 12.2 Å². The highest BCUT2D eigenvalue weighted by molar-refractivity contribution is 5.97. The zero-order valence-electron chi connectivity index (χ0n) is 20.1. The van der Waals surface area contributed by atoms with Gasteiger partial charge in [0.05, 0.1) is 30.4 Å². The second-order valence-corrected chi connectivity index (χ2v) is 8.58. The maximum absolute atomic E-state index is 13.5. The molecular formula is C24H29F3N6O3. The summed E-state index contributed by atoms with van der Waals surface area (Å²) in [5.41, 5.74) is 0.398. The molecular weight excluding hydrogens is 477 g/mol. The van der Waals surface area contributed by atoms with Gasteiger partial charge in [0.25, 0.3) is 5.91 Å². The molecule has 2 aromatic heterocycles. The summed E-state index contributed by atoms with van der Waals surface area (Å²) in [4.78, 5) is 24.0. The molecule has 0 aromatic carbocycles. The number of carbonyl (C=O) groups excluding carboxylic acids is 1. The highest BCUT2D eigenvalue weighted by Crippen LogP contribution is 2.39. The van der Waals surface area contributed by atoms with Gasteiger partial charge < -0.3 is 35.3 Å². The summed E-state index contributed by atoms with van der Waals surface area (Å²) in [6.45, 7) is 2.71. The number of aromatic amines is 1. The molecule has 1 aliphatic heterocycles. The number of piperazine rings is 1. The molecule has 0 spiro atoms. The predicted molar refractivity (Wildman–Crippen MR) is 130 cm³/mol. The van der Waals surface area contributed by atoms with E-state index in [1.807, 2.05) is 24.1 Å². The summed E-state index contributed by atoms with van der Waals surface area (Å²) in [6.07, 6.45) is 2.04. The van der Waals surface area contributed by atoms with Crippen LogP contribution in [-0.4, -0.2) is 84.3 Å². The molecule has 0 radical (unpaired) electrons. The molecule has 1 fully saturated rings. The molecule has 194 valence electrons. The van der Waals surface area contributed by atoms with E-state index in [-0.39, 0.29) is 41.6 Å². The number of hydrogen-bond donors (Lipinski definition) is 4. The Hall–Kier alpha value is -3.51. The van der Waals surface area contributed by atoms with E-state index in [1.165, 1.54) is 13.2 Å². The highest BCUT2D eigenvalue weighted by atomic mass is 19.4. The number of aliphatic hydroxyl groups excluding tert-OH is 1. The lowest BCUT2D eigenvalue weighted by Gasteiger charge is -2.32. The molecule has 3 heterocycles. The zero-order valence-corrected chi connectivity index (χ0v) is 20.1. The number of pyridine rings is 1. The number of alkyl halides is 3. The lowest BCUT2D eigenvalue weighted by Crippen LogP contribution is -2.47. The highest BCUT2D eigenvalue weighted by Gasteiger charge is 2.35. The summed E-state index contributed by atoms with van der Waals surface area (Å²) in [5.74, 6) is 0.588. The van der Waals surface area contributed by atoms with Gasteiger partial charge in [0.15, 0.2) is 0 Å². The number of hydrogen-bond acceptors (Lipinski definition) is 7. The first-order valence-electron chi connectivity index (χ1n) is 11.6. The number of carbonyl (C=O) groups is 1. The minimum Gasteiger partial charge on any atom is -0.495 e. The summed E-state index contributed by atoms with van der Waals surface area (Å²) in [5, 5.41) is 15.0. The van der Waals surface area contributed by atoms with E-state index in [9.17, 15) is 23.1 Å². The second-order valence-electron chi connectivity index (χ2n) is 8.58. The number of anilines is 2. The Balaban J connectivity index is 1.60. The van der Waals surface area contributed by atoms with Gasteiger partial charge in [0, 0.05) is 56.2 Å². The van der Waals surface area contributed by atoms with Crippen LogP contribution in [0, 0.1) is 0 Å². The Kier molecular flexibility index (Phi) is 7.55. The quantitative estimate of drug-likeness (QED) is 0.458. The molecule has 2 aromatic rings. The van der Waals surface area contributed by atoms with Crippen molar-refractivity contribution < 1.29 is 27.8 Å². The van der Waals surface area contributed by atoms with E-state index in [0.717, 1.165) is 19.3 Å². The van der Waals surface area contributed by atoms with Crippen LogP contribution in [0.5, 0.6) is 0 Å². The molecule has 4 N–H and O–H groups in total. The fourth-order valence-electron chi connectivity index (χ4n) is 4.20. The summed E-state index contributed by atoms with van der Waals surface area (Å²) in [7, 11) is 3.50. The van der Waals surface area contributed by atoms with Crippen molar-refractivity contribution in [2.75, 3.05) is 64.1 Å². The van der Waals surface area contributed by atoms with E-state index in [1.54, 1.807) is 6.08 Å². The van der Waals surface area contributed by atoms with E-state index in [4.69, 9.17) is 4.74 Å². The number of rotatable bonds is 7. The van der Waals surface area contributed by atoms with Gasteiger partial charge in [-0.15, -0.1) is 0 Å². The van der Waals surface area contributed by atoms with Gasteiger partial charge in [-0.25, -0.2) is 4.98 Å². The second kappa shape index (κ2) is 10.6. The molecule has 1 saturated heterocycles. The van der Waals surface area contributed by atoms with Crippen LogP contribution in [0.2, 0.25) is 0 Å². The first-order chi connectivity index (χ1) is 17.2. The van der Waals surface area contributed by atoms with E-state index < -0.39 is 11.7 Å². The van der Waals surface area contributed by atoms with Crippen molar-refractivity contribution in [1.29, 1.82) is 0 Å². The van der Waals surface area contributed by atoms with E-state index in [2.05, 4.69) is 25.5 Å². The smallest absolute Gasteiger partial charge is 0.418 e. The molecule has 1 amide bonds. The molecule has 36 heavy (non-hydrogen) atoms. The number of nitrogens with zero attached hydrogens (tertiary/aromatic N) is 3. The van der Waals surface area contributed by atoms with Gasteiger partial charge in [-0.2, -0.15) is 13.2 Å². The maximum Gasteiger partial charge on any atom is 0.418 e. The normalized spacial score (nSPS) is 17.3. The molecule has 0 saturated carbocycles. The SMILES string of the molecule is COC1=CC(C(=O)N2CCN(C)CC2)=CCC=C1Nc1cc(NCCO)c2c(C(F)(F)F)c[nH]c2n1. The number of H-pyrrole nitrogens is 1. The van der Waals surface area contributed by atoms with Gasteiger partial charge in [0.2, 0.25) is 0 Å². The van der Waals surface area contributed by atoms with Crippen molar-refractivity contribution >= 4 is 28.4 Å². The van der Waals surface area contributed by atoms with Crippen LogP contribution < -0.4 is 10.6 Å². The Labute approximate surface area is 206 Å². The van der Waals surface area contributed by atoms with Crippen molar-refractivity contribution in [2.24, 2.45) is 0 Å². The van der Waals surface area contributed by atoms with Gasteiger partial charge in [0.1, 0.15) is 17.2 Å². The largest absolute Gasteiger partial charge is 0.495 e. The number of likely N-dealkylation sites (N-methyl/N-ethyl adjacent to an activating group) is 1. The van der Waals surface area contributed by atoms with Crippen LogP contribution in [0.4, 0.5) is 24.7 Å². The molecule has 0 atom stereocenters. The molecule has 4 rings (SSSR count). The summed E-state index contributed by atoms with van der Waals surface area (Å²) < 4.78 is 46.1. The zero-order chi connectivity index (χ0) is 25.9. The number of nitrogens with one attached hydrogen (secondary N) is 3. The Bertz CT molecular complexity index is 1210. The predicted octanol–water partition coefficient (Wildman–Crippen LogP) is 2.92. The molecule has 9 nitrogen and oxygen atoms in total. The van der Waals surface area contributed by atoms with E-state index >= 15 is 0 Å². The number of allylic oxidation sites excluding steroid dienone is 2.